The summed E-state index contributed by atoms with van der Waals surface area (Å²) >= 11 is 1.89. The smallest absolute Gasteiger partial charge is 0.185 e. The molecule has 1 heterocycles. The van der Waals surface area contributed by atoms with Crippen LogP contribution in [0.1, 0.15) is 50.6 Å². The molecule has 4 heteroatoms. The van der Waals surface area contributed by atoms with Crippen molar-refractivity contribution in [1.82, 2.24) is 10.3 Å². The largest absolute Gasteiger partial charge is 0.348 e. The first-order valence-electron chi connectivity index (χ1n) is 7.72. The molecule has 0 atom stereocenters. The Kier molecular flexibility index (Phi) is 5.64. The van der Waals surface area contributed by atoms with Crippen LogP contribution in [0.3, 0.4) is 0 Å². The molecule has 1 N–H and O–H groups in total. The minimum Gasteiger partial charge on any atom is -0.348 e. The predicted octanol–water partition coefficient (Wildman–Crippen LogP) is 3.44. The lowest BCUT2D eigenvalue weighted by atomic mass is 9.85. The van der Waals surface area contributed by atoms with Crippen LogP contribution in [0.4, 0.5) is 5.13 Å². The molecule has 0 bridgehead atoms. The Morgan fingerprint density at radius 1 is 1.32 bits per heavy atom. The normalized spacial score (nSPS) is 15.5. The fourth-order valence-electron chi connectivity index (χ4n) is 2.49. The average molecular weight is 281 g/mol. The van der Waals surface area contributed by atoms with Gasteiger partial charge in [0, 0.05) is 24.5 Å². The lowest BCUT2D eigenvalue weighted by Crippen LogP contribution is -2.32. The number of nitrogens with zero attached hydrogens (tertiary/aromatic N) is 2. The zero-order chi connectivity index (χ0) is 13.7. The van der Waals surface area contributed by atoms with Crippen molar-refractivity contribution in [2.24, 2.45) is 5.92 Å². The second-order valence-electron chi connectivity index (χ2n) is 5.34. The van der Waals surface area contributed by atoms with Gasteiger partial charge >= 0.3 is 0 Å². The van der Waals surface area contributed by atoms with Crippen LogP contribution in [0.15, 0.2) is 0 Å². The lowest BCUT2D eigenvalue weighted by Gasteiger charge is -2.31. The summed E-state index contributed by atoms with van der Waals surface area (Å²) in [5.74, 6) is 0.908. The molecule has 1 saturated carbocycles. The van der Waals surface area contributed by atoms with Gasteiger partial charge in [-0.25, -0.2) is 4.98 Å². The van der Waals surface area contributed by atoms with E-state index in [0.717, 1.165) is 32.0 Å². The van der Waals surface area contributed by atoms with Crippen LogP contribution in [0.5, 0.6) is 0 Å². The average Bonchev–Trinajstić information content (AvgIpc) is 2.78. The maximum atomic E-state index is 4.87. The van der Waals surface area contributed by atoms with E-state index in [0.29, 0.717) is 0 Å². The third kappa shape index (κ3) is 3.69. The summed E-state index contributed by atoms with van der Waals surface area (Å²) in [6, 6.07) is 0. The molecule has 1 aliphatic rings. The van der Waals surface area contributed by atoms with Crippen LogP contribution in [-0.4, -0.2) is 24.6 Å². The fraction of sp³-hybridized carbons (Fsp3) is 0.800. The number of hydrogen-bond donors (Lipinski definition) is 1. The highest BCUT2D eigenvalue weighted by molar-refractivity contribution is 7.15. The number of aryl methyl sites for hydroxylation is 1. The first-order valence-corrected chi connectivity index (χ1v) is 8.54. The highest BCUT2D eigenvalue weighted by atomic mass is 32.1. The standard InChI is InChI=1S/C15H27N3S/c1-4-13-14(10-16-5-2)19-15(17-13)18(6-3)11-12-8-7-9-12/h12,16H,4-11H2,1-3H3. The van der Waals surface area contributed by atoms with E-state index in [-0.39, 0.29) is 0 Å². The predicted molar refractivity (Wildman–Crippen MR) is 84.1 cm³/mol. The Balaban J connectivity index is 2.05. The van der Waals surface area contributed by atoms with Crippen molar-refractivity contribution in [2.45, 2.75) is 53.0 Å². The summed E-state index contributed by atoms with van der Waals surface area (Å²) < 4.78 is 0. The summed E-state index contributed by atoms with van der Waals surface area (Å²) in [7, 11) is 0. The van der Waals surface area contributed by atoms with Crippen LogP contribution in [-0.2, 0) is 13.0 Å². The summed E-state index contributed by atoms with van der Waals surface area (Å²) in [4.78, 5) is 8.77. The highest BCUT2D eigenvalue weighted by Gasteiger charge is 2.22. The molecule has 1 aromatic heterocycles. The van der Waals surface area contributed by atoms with E-state index in [4.69, 9.17) is 4.98 Å². The monoisotopic (exact) mass is 281 g/mol. The molecule has 0 aromatic carbocycles. The van der Waals surface area contributed by atoms with E-state index < -0.39 is 0 Å². The molecule has 0 radical (unpaired) electrons. The molecule has 2 rings (SSSR count). The van der Waals surface area contributed by atoms with E-state index in [9.17, 15) is 0 Å². The Hall–Kier alpha value is -0.610. The Bertz CT molecular complexity index is 385. The Labute approximate surface area is 121 Å². The second kappa shape index (κ2) is 7.25. The third-order valence-electron chi connectivity index (χ3n) is 3.99. The molecule has 19 heavy (non-hydrogen) atoms. The molecule has 0 spiro atoms. The van der Waals surface area contributed by atoms with E-state index in [1.54, 1.807) is 0 Å². The molecule has 108 valence electrons. The van der Waals surface area contributed by atoms with Gasteiger partial charge in [-0.2, -0.15) is 0 Å². The van der Waals surface area contributed by atoms with Gasteiger partial charge < -0.3 is 10.2 Å². The van der Waals surface area contributed by atoms with Crippen LogP contribution in [0, 0.1) is 5.92 Å². The van der Waals surface area contributed by atoms with Crippen LogP contribution in [0.25, 0.3) is 0 Å². The number of anilines is 1. The zero-order valence-electron chi connectivity index (χ0n) is 12.5. The molecule has 0 saturated heterocycles. The van der Waals surface area contributed by atoms with E-state index in [1.165, 1.54) is 41.5 Å². The summed E-state index contributed by atoms with van der Waals surface area (Å²) in [5, 5.41) is 4.66. The van der Waals surface area contributed by atoms with Crippen molar-refractivity contribution in [3.05, 3.63) is 10.6 Å². The van der Waals surface area contributed by atoms with Crippen LogP contribution < -0.4 is 10.2 Å². The van der Waals surface area contributed by atoms with Gasteiger partial charge in [-0.15, -0.1) is 11.3 Å². The van der Waals surface area contributed by atoms with Gasteiger partial charge in [-0.3, -0.25) is 0 Å². The first kappa shape index (κ1) is 14.8. The molecule has 1 aliphatic carbocycles. The summed E-state index contributed by atoms with van der Waals surface area (Å²) in [5.41, 5.74) is 1.29. The summed E-state index contributed by atoms with van der Waals surface area (Å²) in [6.07, 6.45) is 5.28. The topological polar surface area (TPSA) is 28.2 Å². The Morgan fingerprint density at radius 2 is 2.11 bits per heavy atom. The minimum absolute atomic E-state index is 0.908. The molecule has 0 amide bonds. The molecular weight excluding hydrogens is 254 g/mol. The van der Waals surface area contributed by atoms with Crippen molar-refractivity contribution >= 4 is 16.5 Å². The van der Waals surface area contributed by atoms with Gasteiger partial charge in [-0.05, 0) is 38.6 Å². The maximum Gasteiger partial charge on any atom is 0.185 e. The molecule has 0 unspecified atom stereocenters. The van der Waals surface area contributed by atoms with E-state index in [1.807, 2.05) is 11.3 Å². The minimum atomic E-state index is 0.908. The third-order valence-corrected chi connectivity index (χ3v) is 5.15. The van der Waals surface area contributed by atoms with Crippen LogP contribution in [0.2, 0.25) is 0 Å². The van der Waals surface area contributed by atoms with Gasteiger partial charge in [0.05, 0.1) is 5.69 Å². The molecule has 1 aromatic rings. The van der Waals surface area contributed by atoms with Crippen molar-refractivity contribution in [3.63, 3.8) is 0 Å². The van der Waals surface area contributed by atoms with Gasteiger partial charge in [-0.1, -0.05) is 20.3 Å². The number of nitrogens with one attached hydrogen (secondary N) is 1. The van der Waals surface area contributed by atoms with Crippen molar-refractivity contribution < 1.29 is 0 Å². The molecule has 1 fully saturated rings. The van der Waals surface area contributed by atoms with Gasteiger partial charge in [0.1, 0.15) is 0 Å². The number of aromatic nitrogens is 1. The quantitative estimate of drug-likeness (QED) is 0.791. The van der Waals surface area contributed by atoms with Gasteiger partial charge in [0.15, 0.2) is 5.13 Å². The lowest BCUT2D eigenvalue weighted by molar-refractivity contribution is 0.318. The van der Waals surface area contributed by atoms with Crippen molar-refractivity contribution in [1.29, 1.82) is 0 Å². The first-order chi connectivity index (χ1) is 9.28. The van der Waals surface area contributed by atoms with Gasteiger partial charge in [0.2, 0.25) is 0 Å². The number of rotatable bonds is 8. The highest BCUT2D eigenvalue weighted by Crippen LogP contribution is 2.32. The molecule has 3 nitrogen and oxygen atoms in total. The van der Waals surface area contributed by atoms with Crippen molar-refractivity contribution in [2.75, 3.05) is 24.5 Å². The zero-order valence-corrected chi connectivity index (χ0v) is 13.4. The van der Waals surface area contributed by atoms with Crippen molar-refractivity contribution in [3.8, 4) is 0 Å². The fourth-order valence-corrected chi connectivity index (χ4v) is 3.68. The van der Waals surface area contributed by atoms with E-state index >= 15 is 0 Å². The number of thiazole rings is 1. The second-order valence-corrected chi connectivity index (χ2v) is 6.40. The molecular formula is C15H27N3S. The van der Waals surface area contributed by atoms with Crippen LogP contribution >= 0.6 is 11.3 Å². The summed E-state index contributed by atoms with van der Waals surface area (Å²) in [6.45, 7) is 10.9. The maximum absolute atomic E-state index is 4.87. The molecule has 0 aliphatic heterocycles. The SMILES string of the molecule is CCNCc1sc(N(CC)CC2CCC2)nc1CC. The Morgan fingerprint density at radius 3 is 2.63 bits per heavy atom. The van der Waals surface area contributed by atoms with Gasteiger partial charge in [0.25, 0.3) is 0 Å². The van der Waals surface area contributed by atoms with E-state index in [2.05, 4.69) is 31.0 Å². The number of hydrogen-bond acceptors (Lipinski definition) is 4.